The van der Waals surface area contributed by atoms with Gasteiger partial charge >= 0.3 is 5.97 Å². The molecule has 0 amide bonds. The summed E-state index contributed by atoms with van der Waals surface area (Å²) < 4.78 is 26.7. The van der Waals surface area contributed by atoms with E-state index in [4.69, 9.17) is 9.47 Å². The Bertz CT molecular complexity index is 1450. The van der Waals surface area contributed by atoms with Crippen molar-refractivity contribution in [3.8, 4) is 22.8 Å². The molecule has 1 aromatic heterocycles. The van der Waals surface area contributed by atoms with Gasteiger partial charge in [0.05, 0.1) is 19.2 Å². The van der Waals surface area contributed by atoms with Crippen LogP contribution < -0.4 is 9.47 Å². The molecule has 1 N–H and O–H groups in total. The minimum Gasteiger partial charge on any atom is -0.489 e. The van der Waals surface area contributed by atoms with Crippen molar-refractivity contribution in [3.05, 3.63) is 76.7 Å². The molecule has 2 saturated carbocycles. The number of methoxy groups -OCH3 is 1. The summed E-state index contributed by atoms with van der Waals surface area (Å²) in [6.07, 6.45) is 9.20. The number of aryl methyl sites for hydroxylation is 1. The van der Waals surface area contributed by atoms with E-state index in [1.54, 1.807) is 13.2 Å². The van der Waals surface area contributed by atoms with E-state index in [-0.39, 0.29) is 22.6 Å². The van der Waals surface area contributed by atoms with Crippen LogP contribution in [0.25, 0.3) is 11.1 Å². The number of fused-ring (bicyclic) bond motifs is 2. The Balaban J connectivity index is 1.31. The quantitative estimate of drug-likeness (QED) is 0.329. The number of carboxylic acids is 1. The molecule has 6 rings (SSSR count). The van der Waals surface area contributed by atoms with Gasteiger partial charge in [0.25, 0.3) is 0 Å². The second-order valence-electron chi connectivity index (χ2n) is 12.6. The second-order valence-corrected chi connectivity index (χ2v) is 12.6. The zero-order valence-corrected chi connectivity index (χ0v) is 23.6. The Morgan fingerprint density at radius 3 is 2.60 bits per heavy atom. The van der Waals surface area contributed by atoms with Gasteiger partial charge < -0.3 is 14.6 Å². The third kappa shape index (κ3) is 4.55. The van der Waals surface area contributed by atoms with Crippen molar-refractivity contribution in [2.45, 2.75) is 83.2 Å². The highest BCUT2D eigenvalue weighted by atomic mass is 19.1. The number of hydrogen-bond acceptors (Lipinski definition) is 4. The van der Waals surface area contributed by atoms with E-state index >= 15 is 4.39 Å². The number of benzene rings is 2. The highest BCUT2D eigenvalue weighted by Gasteiger charge is 2.53. The van der Waals surface area contributed by atoms with Crippen molar-refractivity contribution in [3.63, 3.8) is 0 Å². The molecule has 40 heavy (non-hydrogen) atoms. The van der Waals surface area contributed by atoms with E-state index in [1.807, 2.05) is 18.2 Å². The maximum atomic E-state index is 15.1. The summed E-state index contributed by atoms with van der Waals surface area (Å²) in [4.78, 5) is 16.0. The van der Waals surface area contributed by atoms with Crippen LogP contribution in [0.5, 0.6) is 11.6 Å². The Hall–Kier alpha value is -3.41. The maximum Gasteiger partial charge on any atom is 0.307 e. The van der Waals surface area contributed by atoms with Gasteiger partial charge in [0.15, 0.2) is 0 Å². The van der Waals surface area contributed by atoms with Crippen LogP contribution in [-0.4, -0.2) is 23.2 Å². The summed E-state index contributed by atoms with van der Waals surface area (Å²) in [5, 5.41) is 9.84. The lowest BCUT2D eigenvalue weighted by atomic mass is 9.52. The molecule has 210 valence electrons. The van der Waals surface area contributed by atoms with Crippen LogP contribution in [0, 0.1) is 17.2 Å². The first kappa shape index (κ1) is 26.8. The maximum absolute atomic E-state index is 15.1. The van der Waals surface area contributed by atoms with Crippen LogP contribution in [0.3, 0.4) is 0 Å². The van der Waals surface area contributed by atoms with Crippen molar-refractivity contribution in [1.29, 1.82) is 0 Å². The summed E-state index contributed by atoms with van der Waals surface area (Å²) in [6, 6.07) is 14.1. The fraction of sp³-hybridized carbons (Fsp3) is 0.471. The van der Waals surface area contributed by atoms with Crippen molar-refractivity contribution < 1.29 is 23.8 Å². The molecule has 6 heteroatoms. The molecule has 2 aromatic carbocycles. The first-order valence-electron chi connectivity index (χ1n) is 14.5. The van der Waals surface area contributed by atoms with Crippen LogP contribution >= 0.6 is 0 Å². The molecule has 1 spiro atoms. The minimum absolute atomic E-state index is 0.109. The average Bonchev–Trinajstić information content (AvgIpc) is 3.29. The smallest absolute Gasteiger partial charge is 0.307 e. The van der Waals surface area contributed by atoms with Crippen LogP contribution in [0.15, 0.2) is 48.7 Å². The van der Waals surface area contributed by atoms with E-state index in [2.05, 4.69) is 37.0 Å². The summed E-state index contributed by atoms with van der Waals surface area (Å²) >= 11 is 0. The molecule has 0 unspecified atom stereocenters. The molecular formula is C34H38FNO4. The Morgan fingerprint density at radius 1 is 1.05 bits per heavy atom. The van der Waals surface area contributed by atoms with Crippen molar-refractivity contribution in [2.24, 2.45) is 11.3 Å². The van der Waals surface area contributed by atoms with E-state index < -0.39 is 5.97 Å². The number of aromatic nitrogens is 1. The third-order valence-corrected chi connectivity index (χ3v) is 10.0. The Kier molecular flexibility index (Phi) is 6.84. The van der Waals surface area contributed by atoms with Gasteiger partial charge in [-0.05, 0) is 96.2 Å². The lowest BCUT2D eigenvalue weighted by Gasteiger charge is -2.51. The van der Waals surface area contributed by atoms with Gasteiger partial charge in [-0.3, -0.25) is 4.79 Å². The third-order valence-electron chi connectivity index (χ3n) is 10.0. The van der Waals surface area contributed by atoms with E-state index in [0.717, 1.165) is 73.8 Å². The fourth-order valence-electron chi connectivity index (χ4n) is 7.72. The number of nitrogens with zero attached hydrogens (tertiary/aromatic N) is 1. The monoisotopic (exact) mass is 543 g/mol. The lowest BCUT2D eigenvalue weighted by molar-refractivity contribution is -0.150. The van der Waals surface area contributed by atoms with E-state index in [1.165, 1.54) is 17.3 Å². The van der Waals surface area contributed by atoms with Gasteiger partial charge in [-0.1, -0.05) is 44.5 Å². The molecule has 3 aliphatic carbocycles. The fourth-order valence-corrected chi connectivity index (χ4v) is 7.72. The summed E-state index contributed by atoms with van der Waals surface area (Å²) in [5.74, 6) is 0.113. The zero-order chi connectivity index (χ0) is 28.1. The van der Waals surface area contributed by atoms with Crippen LogP contribution in [-0.2, 0) is 23.2 Å². The predicted octanol–water partition coefficient (Wildman–Crippen LogP) is 7.84. The number of aliphatic carboxylic acids is 1. The number of hydrogen-bond donors (Lipinski definition) is 1. The molecule has 1 heterocycles. The molecule has 3 aliphatic rings. The van der Waals surface area contributed by atoms with Gasteiger partial charge in [-0.2, -0.15) is 0 Å². The summed E-state index contributed by atoms with van der Waals surface area (Å²) in [5.41, 5.74) is 5.83. The zero-order valence-electron chi connectivity index (χ0n) is 23.6. The average molecular weight is 544 g/mol. The molecule has 2 fully saturated rings. The highest BCUT2D eigenvalue weighted by Crippen LogP contribution is 2.56. The van der Waals surface area contributed by atoms with Gasteiger partial charge in [-0.15, -0.1) is 0 Å². The van der Waals surface area contributed by atoms with Gasteiger partial charge in [0, 0.05) is 17.0 Å². The predicted molar refractivity (Wildman–Crippen MR) is 152 cm³/mol. The second kappa shape index (κ2) is 10.2. The first-order chi connectivity index (χ1) is 19.2. The van der Waals surface area contributed by atoms with Crippen LogP contribution in [0.2, 0.25) is 0 Å². The van der Waals surface area contributed by atoms with E-state index in [9.17, 15) is 9.90 Å². The molecule has 0 saturated heterocycles. The first-order valence-corrected chi connectivity index (χ1v) is 14.5. The van der Waals surface area contributed by atoms with Crippen LogP contribution in [0.4, 0.5) is 4.39 Å². The number of halogens is 1. The van der Waals surface area contributed by atoms with Gasteiger partial charge in [-0.25, -0.2) is 9.37 Å². The SMILES string of the molecule is COc1cc(-c2ccc(COc3ccc4c(c3)[C@]3(CCC4)CC[C@@H]3C(=O)O)cc2[C@@H]2CCCC2(C)C)c(F)cn1. The summed E-state index contributed by atoms with van der Waals surface area (Å²) in [6.45, 7) is 4.99. The molecular weight excluding hydrogens is 505 g/mol. The number of carbonyl (C=O) groups is 1. The molecule has 5 nitrogen and oxygen atoms in total. The Labute approximate surface area is 235 Å². The summed E-state index contributed by atoms with van der Waals surface area (Å²) in [7, 11) is 1.54. The van der Waals surface area contributed by atoms with Crippen LogP contribution in [0.1, 0.15) is 87.0 Å². The normalized spacial score (nSPS) is 24.8. The van der Waals surface area contributed by atoms with Crippen molar-refractivity contribution >= 4 is 5.97 Å². The number of rotatable bonds is 7. The molecule has 0 aliphatic heterocycles. The number of ether oxygens (including phenoxy) is 2. The minimum atomic E-state index is -0.684. The van der Waals surface area contributed by atoms with Gasteiger partial charge in [0.2, 0.25) is 5.88 Å². The molecule has 0 bridgehead atoms. The topological polar surface area (TPSA) is 68.7 Å². The highest BCUT2D eigenvalue weighted by molar-refractivity contribution is 5.75. The molecule has 0 radical (unpaired) electrons. The molecule has 3 atom stereocenters. The number of carboxylic acid groups (broad SMARTS) is 1. The lowest BCUT2D eigenvalue weighted by Crippen LogP contribution is -2.50. The van der Waals surface area contributed by atoms with Crippen molar-refractivity contribution in [1.82, 2.24) is 4.98 Å². The van der Waals surface area contributed by atoms with E-state index in [0.29, 0.717) is 24.0 Å². The standard InChI is InChI=1S/C34H38FNO4/c1-33(2)13-5-7-27(33)25-16-21(8-11-24(25)26-18-31(39-3)36-19-30(26)35)20-40-23-10-9-22-6-4-14-34(29(22)17-23)15-12-28(34)32(37)38/h8-11,16-19,27-28H,4-7,12-15,20H2,1-3H3,(H,37,38)/t27-,28+,34+/m0/s1. The molecule has 3 aromatic rings. The van der Waals surface area contributed by atoms with Crippen molar-refractivity contribution in [2.75, 3.05) is 7.11 Å². The largest absolute Gasteiger partial charge is 0.489 e. The number of pyridine rings is 1. The Morgan fingerprint density at radius 2 is 1.90 bits per heavy atom. The van der Waals surface area contributed by atoms with Gasteiger partial charge in [0.1, 0.15) is 18.2 Å².